The molecule has 22 heavy (non-hydrogen) atoms. The summed E-state index contributed by atoms with van der Waals surface area (Å²) >= 11 is 0. The van der Waals surface area contributed by atoms with Crippen LogP contribution in [0.2, 0.25) is 0 Å². The van der Waals surface area contributed by atoms with Gasteiger partial charge in [0.05, 0.1) is 12.7 Å². The highest BCUT2D eigenvalue weighted by Gasteiger charge is 2.43. The maximum Gasteiger partial charge on any atom is 0.0776 e. The topological polar surface area (TPSA) is 30.3 Å². The van der Waals surface area contributed by atoms with Gasteiger partial charge in [-0.25, -0.2) is 0 Å². The molecule has 0 amide bonds. The molecule has 122 valence electrons. The number of ether oxygens (including phenoxy) is 1. The predicted molar refractivity (Wildman–Crippen MR) is 86.6 cm³/mol. The van der Waals surface area contributed by atoms with Gasteiger partial charge in [-0.3, -0.25) is 9.58 Å². The number of morpholine rings is 1. The minimum atomic E-state index is 0.432. The first-order chi connectivity index (χ1) is 10.9. The average molecular weight is 303 g/mol. The molecule has 3 aliphatic rings. The molecule has 4 nitrogen and oxygen atoms in total. The van der Waals surface area contributed by atoms with Crippen LogP contribution in [-0.2, 0) is 11.3 Å². The van der Waals surface area contributed by atoms with Crippen LogP contribution in [0, 0.1) is 11.8 Å². The van der Waals surface area contributed by atoms with E-state index in [1.807, 2.05) is 12.3 Å². The van der Waals surface area contributed by atoms with Crippen molar-refractivity contribution < 1.29 is 4.74 Å². The highest BCUT2D eigenvalue weighted by Crippen LogP contribution is 2.37. The molecule has 3 unspecified atom stereocenters. The summed E-state index contributed by atoms with van der Waals surface area (Å²) in [4.78, 5) is 2.77. The Bertz CT molecular complexity index is 455. The molecule has 0 aromatic carbocycles. The predicted octanol–water partition coefficient (Wildman–Crippen LogP) is 2.94. The van der Waals surface area contributed by atoms with Crippen LogP contribution in [0.25, 0.3) is 0 Å². The van der Waals surface area contributed by atoms with Crippen molar-refractivity contribution in [3.63, 3.8) is 0 Å². The summed E-state index contributed by atoms with van der Waals surface area (Å²) in [6.45, 7) is 4.40. The third-order valence-corrected chi connectivity index (χ3v) is 6.03. The fourth-order valence-corrected chi connectivity index (χ4v) is 4.91. The Kier molecular flexibility index (Phi) is 4.49. The Hall–Kier alpha value is -0.870. The Balaban J connectivity index is 1.37. The van der Waals surface area contributed by atoms with Gasteiger partial charge in [-0.05, 0) is 37.7 Å². The molecule has 0 radical (unpaired) electrons. The lowest BCUT2D eigenvalue weighted by molar-refractivity contribution is -0.0810. The number of aromatic nitrogens is 2. The molecule has 2 aliphatic carbocycles. The zero-order chi connectivity index (χ0) is 14.8. The van der Waals surface area contributed by atoms with Crippen LogP contribution in [0.4, 0.5) is 0 Å². The maximum absolute atomic E-state index is 6.20. The standard InChI is InChI=1S/C18H29N3O/c1-2-5-15(6-3-1)13-20-11-12-22-18-16(7-8-17(18)20)14-21-10-4-9-19-21/h4,9-10,15-18H,1-3,5-8,11-14H2. The SMILES string of the molecule is c1cnn(CC2CCC3C2OCCN3CC2CCCCC2)c1. The molecular formula is C18H29N3O. The number of hydrogen-bond donors (Lipinski definition) is 0. The number of hydrogen-bond acceptors (Lipinski definition) is 3. The fourth-order valence-electron chi connectivity index (χ4n) is 4.91. The minimum absolute atomic E-state index is 0.432. The second-order valence-electron chi connectivity index (χ2n) is 7.47. The van der Waals surface area contributed by atoms with Gasteiger partial charge in [-0.2, -0.15) is 5.10 Å². The van der Waals surface area contributed by atoms with Crippen LogP contribution >= 0.6 is 0 Å². The van der Waals surface area contributed by atoms with Crippen LogP contribution in [0.5, 0.6) is 0 Å². The van der Waals surface area contributed by atoms with E-state index in [0.717, 1.165) is 25.6 Å². The third-order valence-electron chi connectivity index (χ3n) is 6.03. The number of nitrogens with zero attached hydrogens (tertiary/aromatic N) is 3. The van der Waals surface area contributed by atoms with Crippen molar-refractivity contribution in [2.45, 2.75) is 63.6 Å². The summed E-state index contributed by atoms with van der Waals surface area (Å²) in [7, 11) is 0. The highest BCUT2D eigenvalue weighted by molar-refractivity contribution is 4.95. The summed E-state index contributed by atoms with van der Waals surface area (Å²) in [5, 5.41) is 4.38. The largest absolute Gasteiger partial charge is 0.375 e. The summed E-state index contributed by atoms with van der Waals surface area (Å²) in [5.41, 5.74) is 0. The van der Waals surface area contributed by atoms with E-state index in [1.165, 1.54) is 51.5 Å². The summed E-state index contributed by atoms with van der Waals surface area (Å²) in [5.74, 6) is 1.58. The van der Waals surface area contributed by atoms with Crippen molar-refractivity contribution in [1.82, 2.24) is 14.7 Å². The van der Waals surface area contributed by atoms with Crippen molar-refractivity contribution >= 4 is 0 Å². The molecule has 4 rings (SSSR count). The van der Waals surface area contributed by atoms with E-state index < -0.39 is 0 Å². The Labute approximate surface area is 133 Å². The third kappa shape index (κ3) is 3.09. The van der Waals surface area contributed by atoms with Crippen molar-refractivity contribution in [3.8, 4) is 0 Å². The molecule has 4 heteroatoms. The van der Waals surface area contributed by atoms with E-state index >= 15 is 0 Å². The van der Waals surface area contributed by atoms with Gasteiger partial charge in [0.15, 0.2) is 0 Å². The molecule has 1 aromatic heterocycles. The molecule has 3 atom stereocenters. The van der Waals surface area contributed by atoms with E-state index in [9.17, 15) is 0 Å². The molecule has 1 aliphatic heterocycles. The lowest BCUT2D eigenvalue weighted by atomic mass is 9.88. The Morgan fingerprint density at radius 2 is 1.95 bits per heavy atom. The monoisotopic (exact) mass is 303 g/mol. The minimum Gasteiger partial charge on any atom is -0.375 e. The van der Waals surface area contributed by atoms with Gasteiger partial charge < -0.3 is 4.74 Å². The van der Waals surface area contributed by atoms with Crippen LogP contribution in [0.3, 0.4) is 0 Å². The van der Waals surface area contributed by atoms with Crippen molar-refractivity contribution in [2.75, 3.05) is 19.7 Å². The summed E-state index contributed by atoms with van der Waals surface area (Å²) in [6.07, 6.45) is 14.2. The second-order valence-corrected chi connectivity index (χ2v) is 7.47. The first-order valence-corrected chi connectivity index (χ1v) is 9.23. The van der Waals surface area contributed by atoms with E-state index in [2.05, 4.69) is 20.9 Å². The van der Waals surface area contributed by atoms with Gasteiger partial charge in [0, 0.05) is 44.0 Å². The molecule has 2 heterocycles. The van der Waals surface area contributed by atoms with Gasteiger partial charge in [0.2, 0.25) is 0 Å². The van der Waals surface area contributed by atoms with Crippen molar-refractivity contribution in [2.24, 2.45) is 11.8 Å². The zero-order valence-electron chi connectivity index (χ0n) is 13.6. The fraction of sp³-hybridized carbons (Fsp3) is 0.833. The zero-order valence-corrected chi connectivity index (χ0v) is 13.6. The summed E-state index contributed by atoms with van der Waals surface area (Å²) < 4.78 is 8.28. The second kappa shape index (κ2) is 6.71. The molecule has 0 spiro atoms. The van der Waals surface area contributed by atoms with Gasteiger partial charge in [0.1, 0.15) is 0 Å². The van der Waals surface area contributed by atoms with Gasteiger partial charge in [-0.15, -0.1) is 0 Å². The van der Waals surface area contributed by atoms with E-state index in [0.29, 0.717) is 18.1 Å². The van der Waals surface area contributed by atoms with Crippen molar-refractivity contribution in [3.05, 3.63) is 18.5 Å². The molecular weight excluding hydrogens is 274 g/mol. The van der Waals surface area contributed by atoms with Gasteiger partial charge in [-0.1, -0.05) is 19.3 Å². The molecule has 1 aromatic rings. The van der Waals surface area contributed by atoms with E-state index in [-0.39, 0.29) is 0 Å². The first-order valence-electron chi connectivity index (χ1n) is 9.23. The van der Waals surface area contributed by atoms with E-state index in [4.69, 9.17) is 4.74 Å². The van der Waals surface area contributed by atoms with Crippen LogP contribution < -0.4 is 0 Å². The molecule has 1 saturated heterocycles. The van der Waals surface area contributed by atoms with Crippen LogP contribution in [0.1, 0.15) is 44.9 Å². The van der Waals surface area contributed by atoms with E-state index in [1.54, 1.807) is 0 Å². The summed E-state index contributed by atoms with van der Waals surface area (Å²) in [6, 6.07) is 2.68. The smallest absolute Gasteiger partial charge is 0.0776 e. The quantitative estimate of drug-likeness (QED) is 0.857. The molecule has 0 N–H and O–H groups in total. The lowest BCUT2D eigenvalue weighted by Gasteiger charge is -2.41. The lowest BCUT2D eigenvalue weighted by Crippen LogP contribution is -2.52. The molecule has 0 bridgehead atoms. The molecule has 2 saturated carbocycles. The van der Waals surface area contributed by atoms with Crippen molar-refractivity contribution in [1.29, 1.82) is 0 Å². The van der Waals surface area contributed by atoms with Crippen LogP contribution in [0.15, 0.2) is 18.5 Å². The van der Waals surface area contributed by atoms with Gasteiger partial charge >= 0.3 is 0 Å². The van der Waals surface area contributed by atoms with Gasteiger partial charge in [0.25, 0.3) is 0 Å². The normalized spacial score (nSPS) is 33.9. The molecule has 3 fully saturated rings. The Morgan fingerprint density at radius 3 is 2.77 bits per heavy atom. The number of rotatable bonds is 4. The number of fused-ring (bicyclic) bond motifs is 1. The Morgan fingerprint density at radius 1 is 1.05 bits per heavy atom. The van der Waals surface area contributed by atoms with Crippen LogP contribution in [-0.4, -0.2) is 46.5 Å². The maximum atomic E-state index is 6.20. The average Bonchev–Trinajstić information content (AvgIpc) is 3.20. The highest BCUT2D eigenvalue weighted by atomic mass is 16.5. The first kappa shape index (κ1) is 14.7.